The van der Waals surface area contributed by atoms with Crippen LogP contribution in [0.25, 0.3) is 0 Å². The third kappa shape index (κ3) is 11.4. The van der Waals surface area contributed by atoms with Crippen molar-refractivity contribution in [3.8, 4) is 0 Å². The molecule has 0 nitrogen and oxygen atoms in total. The maximum atomic E-state index is 3.00. The third-order valence-corrected chi connectivity index (χ3v) is 1.48. The second kappa shape index (κ2) is 10.7. The van der Waals surface area contributed by atoms with E-state index in [-0.39, 0.29) is 0 Å². The summed E-state index contributed by atoms with van der Waals surface area (Å²) in [7, 11) is 0. The molecule has 0 aromatic heterocycles. The Hall–Kier alpha value is -0.260. The predicted octanol–water partition coefficient (Wildman–Crippen LogP) is 3.63. The van der Waals surface area contributed by atoms with Gasteiger partial charge in [0.15, 0.2) is 0 Å². The second-order valence-electron chi connectivity index (χ2n) is 2.30. The van der Waals surface area contributed by atoms with E-state index in [1.54, 1.807) is 0 Å². The van der Waals surface area contributed by atoms with Crippen molar-refractivity contribution in [2.75, 3.05) is 0 Å². The van der Waals surface area contributed by atoms with Gasteiger partial charge in [0, 0.05) is 0 Å². The molecule has 0 saturated carbocycles. The highest BCUT2D eigenvalue weighted by Gasteiger charge is 1.92. The highest BCUT2D eigenvalue weighted by molar-refractivity contribution is 4.45. The Morgan fingerprint density at radius 1 is 1.22 bits per heavy atom. The predicted molar refractivity (Wildman–Crippen MR) is 45.6 cm³/mol. The van der Waals surface area contributed by atoms with Gasteiger partial charge in [-0.15, -0.1) is 13.2 Å². The topological polar surface area (TPSA) is 0 Å². The lowest BCUT2D eigenvalue weighted by Crippen LogP contribution is -1.88. The molecule has 56 valence electrons. The van der Waals surface area contributed by atoms with Gasteiger partial charge in [0.25, 0.3) is 0 Å². The summed E-state index contributed by atoms with van der Waals surface area (Å²) in [6, 6.07) is 0. The quantitative estimate of drug-likeness (QED) is 0.509. The van der Waals surface area contributed by atoms with E-state index >= 15 is 0 Å². The van der Waals surface area contributed by atoms with Gasteiger partial charge in [-0.1, -0.05) is 40.0 Å². The zero-order valence-electron chi connectivity index (χ0n) is 7.11. The number of hydrogen-bond donors (Lipinski definition) is 0. The molecule has 1 atom stereocenters. The van der Waals surface area contributed by atoms with Gasteiger partial charge in [0.05, 0.1) is 0 Å². The van der Waals surface area contributed by atoms with Crippen LogP contribution in [0.2, 0.25) is 0 Å². The first-order valence-electron chi connectivity index (χ1n) is 3.81. The Labute approximate surface area is 60.0 Å². The summed E-state index contributed by atoms with van der Waals surface area (Å²) in [5.41, 5.74) is 0. The average Bonchev–Trinajstić information content (AvgIpc) is 1.93. The third-order valence-electron chi connectivity index (χ3n) is 1.48. The Balaban J connectivity index is 0. The Bertz CT molecular complexity index is 39.3. The van der Waals surface area contributed by atoms with Crippen molar-refractivity contribution in [2.45, 2.75) is 40.0 Å². The van der Waals surface area contributed by atoms with Gasteiger partial charge in [-0.3, -0.25) is 0 Å². The molecule has 1 unspecified atom stereocenters. The molecular weight excluding hydrogens is 108 g/mol. The minimum absolute atomic E-state index is 0.949. The highest BCUT2D eigenvalue weighted by Crippen LogP contribution is 2.07. The summed E-state index contributed by atoms with van der Waals surface area (Å²) < 4.78 is 0. The van der Waals surface area contributed by atoms with E-state index in [2.05, 4.69) is 33.9 Å². The SMILES string of the molecule is C=C.CCCC(C)CC. The van der Waals surface area contributed by atoms with Crippen molar-refractivity contribution in [3.63, 3.8) is 0 Å². The minimum Gasteiger partial charge on any atom is -0.106 e. The smallest absolute Gasteiger partial charge is 0.0446 e. The summed E-state index contributed by atoms with van der Waals surface area (Å²) in [6.45, 7) is 12.8. The molecule has 0 heterocycles. The van der Waals surface area contributed by atoms with Crippen LogP contribution in [0.3, 0.4) is 0 Å². The monoisotopic (exact) mass is 128 g/mol. The van der Waals surface area contributed by atoms with Crippen LogP contribution in [0, 0.1) is 5.92 Å². The van der Waals surface area contributed by atoms with Crippen molar-refractivity contribution in [1.29, 1.82) is 0 Å². The lowest BCUT2D eigenvalue weighted by molar-refractivity contribution is 0.509. The number of hydrogen-bond acceptors (Lipinski definition) is 0. The van der Waals surface area contributed by atoms with Crippen LogP contribution in [-0.2, 0) is 0 Å². The van der Waals surface area contributed by atoms with Crippen molar-refractivity contribution in [1.82, 2.24) is 0 Å². The first-order chi connectivity index (χ1) is 4.31. The summed E-state index contributed by atoms with van der Waals surface area (Å²) in [5.74, 6) is 0.949. The maximum absolute atomic E-state index is 3.00. The molecule has 0 aliphatic heterocycles. The zero-order chi connectivity index (χ0) is 7.70. The van der Waals surface area contributed by atoms with Crippen LogP contribution >= 0.6 is 0 Å². The molecule has 0 fully saturated rings. The van der Waals surface area contributed by atoms with E-state index in [1.165, 1.54) is 19.3 Å². The molecule has 0 heteroatoms. The summed E-state index contributed by atoms with van der Waals surface area (Å²) in [4.78, 5) is 0. The van der Waals surface area contributed by atoms with Crippen LogP contribution in [-0.4, -0.2) is 0 Å². The van der Waals surface area contributed by atoms with Gasteiger partial charge in [-0.25, -0.2) is 0 Å². The van der Waals surface area contributed by atoms with Gasteiger partial charge in [-0.05, 0) is 5.92 Å². The largest absolute Gasteiger partial charge is 0.106 e. The Morgan fingerprint density at radius 2 is 1.67 bits per heavy atom. The molecular formula is C9H20. The van der Waals surface area contributed by atoms with E-state index in [1.807, 2.05) is 0 Å². The van der Waals surface area contributed by atoms with Crippen molar-refractivity contribution < 1.29 is 0 Å². The minimum atomic E-state index is 0.949. The van der Waals surface area contributed by atoms with Gasteiger partial charge in [-0.2, -0.15) is 0 Å². The Kier molecular flexibility index (Phi) is 13.7. The van der Waals surface area contributed by atoms with E-state index in [9.17, 15) is 0 Å². The van der Waals surface area contributed by atoms with Gasteiger partial charge in [0.2, 0.25) is 0 Å². The lowest BCUT2D eigenvalue weighted by atomic mass is 10.0. The number of rotatable bonds is 3. The fraction of sp³-hybridized carbons (Fsp3) is 0.778. The molecule has 0 aromatic carbocycles. The fourth-order valence-electron chi connectivity index (χ4n) is 0.697. The fourth-order valence-corrected chi connectivity index (χ4v) is 0.697. The molecule has 0 rings (SSSR count). The molecule has 0 spiro atoms. The van der Waals surface area contributed by atoms with Crippen LogP contribution in [0.15, 0.2) is 13.2 Å². The van der Waals surface area contributed by atoms with E-state index in [0.717, 1.165) is 5.92 Å². The highest BCUT2D eigenvalue weighted by atomic mass is 14.0. The zero-order valence-corrected chi connectivity index (χ0v) is 7.11. The van der Waals surface area contributed by atoms with Crippen LogP contribution < -0.4 is 0 Å². The molecule has 0 saturated heterocycles. The normalized spacial score (nSPS) is 11.4. The molecule has 0 bridgehead atoms. The Morgan fingerprint density at radius 3 is 1.78 bits per heavy atom. The molecule has 0 aliphatic carbocycles. The maximum Gasteiger partial charge on any atom is -0.0446 e. The van der Waals surface area contributed by atoms with Gasteiger partial charge in [0.1, 0.15) is 0 Å². The summed E-state index contributed by atoms with van der Waals surface area (Å²) in [6.07, 6.45) is 4.08. The van der Waals surface area contributed by atoms with Crippen LogP contribution in [0.1, 0.15) is 40.0 Å². The molecule has 0 N–H and O–H groups in total. The van der Waals surface area contributed by atoms with Crippen LogP contribution in [0.4, 0.5) is 0 Å². The lowest BCUT2D eigenvalue weighted by Gasteiger charge is -2.02. The van der Waals surface area contributed by atoms with Crippen LogP contribution in [0.5, 0.6) is 0 Å². The summed E-state index contributed by atoms with van der Waals surface area (Å²) in [5, 5.41) is 0. The first kappa shape index (κ1) is 11.5. The van der Waals surface area contributed by atoms with E-state index < -0.39 is 0 Å². The van der Waals surface area contributed by atoms with Gasteiger partial charge >= 0.3 is 0 Å². The molecule has 0 amide bonds. The van der Waals surface area contributed by atoms with Crippen molar-refractivity contribution in [3.05, 3.63) is 13.2 Å². The summed E-state index contributed by atoms with van der Waals surface area (Å²) >= 11 is 0. The molecule has 0 aliphatic rings. The van der Waals surface area contributed by atoms with Crippen molar-refractivity contribution >= 4 is 0 Å². The van der Waals surface area contributed by atoms with E-state index in [0.29, 0.717) is 0 Å². The van der Waals surface area contributed by atoms with Gasteiger partial charge < -0.3 is 0 Å². The average molecular weight is 128 g/mol. The first-order valence-corrected chi connectivity index (χ1v) is 3.81. The molecule has 9 heavy (non-hydrogen) atoms. The standard InChI is InChI=1S/C7H16.C2H4/c1-4-6-7(3)5-2;1-2/h7H,4-6H2,1-3H3;1-2H2. The molecule has 0 radical (unpaired) electrons. The second-order valence-corrected chi connectivity index (χ2v) is 2.30. The van der Waals surface area contributed by atoms with Crippen molar-refractivity contribution in [2.24, 2.45) is 5.92 Å². The van der Waals surface area contributed by atoms with E-state index in [4.69, 9.17) is 0 Å². The molecule has 0 aromatic rings.